The first-order valence-electron chi connectivity index (χ1n) is 22.0. The van der Waals surface area contributed by atoms with E-state index in [9.17, 15) is 0 Å². The van der Waals surface area contributed by atoms with Crippen LogP contribution in [0.3, 0.4) is 0 Å². The van der Waals surface area contributed by atoms with Crippen LogP contribution in [-0.2, 0) is 26.5 Å². The first kappa shape index (κ1) is 39.4. The van der Waals surface area contributed by atoms with Gasteiger partial charge in [0, 0.05) is 61.7 Å². The number of benzene rings is 4. The molecule has 0 saturated heterocycles. The minimum atomic E-state index is 0. The van der Waals surface area contributed by atoms with Gasteiger partial charge in [0.05, 0.1) is 0 Å². The van der Waals surface area contributed by atoms with E-state index in [-0.39, 0.29) is 26.5 Å². The molecule has 5 nitrogen and oxygen atoms in total. The normalized spacial score (nSPS) is 21.9. The van der Waals surface area contributed by atoms with Crippen molar-refractivity contribution < 1.29 is 25.8 Å². The summed E-state index contributed by atoms with van der Waals surface area (Å²) in [6.45, 7) is 9.18. The summed E-state index contributed by atoms with van der Waals surface area (Å²) in [7, 11) is 0. The monoisotopic (exact) mass is 948 g/mol. The predicted molar refractivity (Wildman–Crippen MR) is 235 cm³/mol. The van der Waals surface area contributed by atoms with Crippen LogP contribution in [0.4, 0.5) is 17.1 Å². The summed E-state index contributed by atoms with van der Waals surface area (Å²) in [5.41, 5.74) is 6.90. The van der Waals surface area contributed by atoms with Crippen molar-refractivity contribution in [3.05, 3.63) is 122 Å². The number of aromatic nitrogens is 2. The first-order chi connectivity index (χ1) is 27.9. The smallest absolute Gasteiger partial charge is 0.135 e. The van der Waals surface area contributed by atoms with Crippen LogP contribution < -0.4 is 14.5 Å². The molecular weight excluding hydrogens is 892 g/mol. The molecule has 0 spiro atoms. The van der Waals surface area contributed by atoms with E-state index in [1.54, 1.807) is 0 Å². The molecule has 1 aliphatic heterocycles. The molecule has 0 amide bonds. The van der Waals surface area contributed by atoms with Crippen LogP contribution in [-0.4, -0.2) is 15.6 Å². The Morgan fingerprint density at radius 3 is 2.05 bits per heavy atom. The van der Waals surface area contributed by atoms with E-state index in [1.807, 2.05) is 18.3 Å². The van der Waals surface area contributed by atoms with Crippen molar-refractivity contribution in [2.45, 2.75) is 116 Å². The summed E-state index contributed by atoms with van der Waals surface area (Å²) in [5.74, 6) is 5.42. The summed E-state index contributed by atoms with van der Waals surface area (Å²) >= 11 is 0. The second kappa shape index (κ2) is 16.5. The topological polar surface area (TPSA) is 33.5 Å². The number of pyridine rings is 1. The van der Waals surface area contributed by atoms with Crippen molar-refractivity contribution in [3.8, 4) is 17.3 Å². The van der Waals surface area contributed by atoms with E-state index in [4.69, 9.17) is 9.72 Å². The van der Waals surface area contributed by atoms with Gasteiger partial charge in [-0.2, -0.15) is 18.8 Å². The van der Waals surface area contributed by atoms with Crippen molar-refractivity contribution in [2.75, 3.05) is 9.80 Å². The van der Waals surface area contributed by atoms with Crippen molar-refractivity contribution in [1.29, 1.82) is 0 Å². The van der Waals surface area contributed by atoms with Crippen LogP contribution in [0, 0.1) is 42.5 Å². The Balaban J connectivity index is 0.00000436. The van der Waals surface area contributed by atoms with E-state index in [2.05, 4.69) is 133 Å². The molecule has 2 aromatic heterocycles. The third-order valence-corrected chi connectivity index (χ3v) is 14.1. The Bertz CT molecular complexity index is 2340. The van der Waals surface area contributed by atoms with Crippen LogP contribution in [0.25, 0.3) is 27.6 Å². The molecule has 4 aromatic carbocycles. The van der Waals surface area contributed by atoms with Crippen LogP contribution in [0.15, 0.2) is 97.2 Å². The quantitative estimate of drug-likeness (QED) is 0.149. The minimum absolute atomic E-state index is 0. The Morgan fingerprint density at radius 2 is 1.33 bits per heavy atom. The molecule has 4 aliphatic rings. The zero-order chi connectivity index (χ0) is 38.5. The second-order valence-corrected chi connectivity index (χ2v) is 18.5. The molecule has 3 saturated carbocycles. The second-order valence-electron chi connectivity index (χ2n) is 18.5. The fourth-order valence-electron chi connectivity index (χ4n) is 11.3. The number of ether oxygens (including phenoxy) is 1. The largest absolute Gasteiger partial charge is 0.509 e. The van der Waals surface area contributed by atoms with Gasteiger partial charge in [-0.05, 0) is 83.2 Å². The number of anilines is 3. The van der Waals surface area contributed by atoms with Gasteiger partial charge in [0.1, 0.15) is 5.82 Å². The molecule has 3 heterocycles. The molecule has 0 radical (unpaired) electrons. The Kier molecular flexibility index (Phi) is 11.2. The fraction of sp³-hybridized carbons (Fsp3) is 0.423. The standard InChI is InChI=1S/C52H57N4O.Pt/c1-52(2,3)38-30-31-53-50(32-38)56-46-25-11-10-22-44(46)45-29-28-41(34-49(45)56)57-40-21-14-20-39(33-40)54-35-55(48-27-13-12-26-47(48)54)51-42(36-16-6-4-7-17-36)23-15-24-43(51)37-18-8-5-9-19-37;/h10-14,20-22,25-32,35-37,42-43,51H,4-9,15-19,23-24H2,1-3H3;/q-3;. The van der Waals surface area contributed by atoms with Gasteiger partial charge in [-0.1, -0.05) is 127 Å². The number of nitrogens with zero attached hydrogens (tertiary/aromatic N) is 4. The molecule has 3 fully saturated rings. The fourth-order valence-corrected chi connectivity index (χ4v) is 11.3. The zero-order valence-corrected chi connectivity index (χ0v) is 36.7. The summed E-state index contributed by atoms with van der Waals surface area (Å²) in [5, 5.41) is 2.30. The van der Waals surface area contributed by atoms with Crippen LogP contribution in [0.2, 0.25) is 0 Å². The number of fused-ring (bicyclic) bond motifs is 4. The Hall–Kier alpha value is -4.08. The average Bonchev–Trinajstić information content (AvgIpc) is 3.80. The van der Waals surface area contributed by atoms with E-state index in [1.165, 1.54) is 106 Å². The van der Waals surface area contributed by atoms with Gasteiger partial charge in [0.2, 0.25) is 0 Å². The van der Waals surface area contributed by atoms with Crippen LogP contribution in [0.1, 0.15) is 110 Å². The Labute approximate surface area is 360 Å². The number of rotatable bonds is 7. The van der Waals surface area contributed by atoms with Crippen molar-refractivity contribution >= 4 is 38.9 Å². The van der Waals surface area contributed by atoms with Gasteiger partial charge in [-0.15, -0.1) is 41.4 Å². The van der Waals surface area contributed by atoms with Crippen LogP contribution in [0.5, 0.6) is 11.5 Å². The molecule has 0 N–H and O–H groups in total. The van der Waals surface area contributed by atoms with Crippen molar-refractivity contribution in [1.82, 2.24) is 9.55 Å². The molecule has 0 bridgehead atoms. The summed E-state index contributed by atoms with van der Waals surface area (Å²) in [4.78, 5) is 10.00. The molecular formula is C52H57N4OPt-3. The Morgan fingerprint density at radius 1 is 0.655 bits per heavy atom. The summed E-state index contributed by atoms with van der Waals surface area (Å²) < 4.78 is 8.90. The molecule has 2 unspecified atom stereocenters. The maximum Gasteiger partial charge on any atom is 0.135 e. The molecule has 2 atom stereocenters. The molecule has 58 heavy (non-hydrogen) atoms. The average molecular weight is 949 g/mol. The third kappa shape index (κ3) is 7.39. The number of hydrogen-bond donors (Lipinski definition) is 0. The summed E-state index contributed by atoms with van der Waals surface area (Å²) in [6, 6.07) is 40.4. The van der Waals surface area contributed by atoms with Gasteiger partial charge >= 0.3 is 0 Å². The van der Waals surface area contributed by atoms with E-state index in [0.29, 0.717) is 17.5 Å². The van der Waals surface area contributed by atoms with Gasteiger partial charge in [0.15, 0.2) is 0 Å². The van der Waals surface area contributed by atoms with E-state index >= 15 is 0 Å². The molecule has 10 rings (SSSR count). The van der Waals surface area contributed by atoms with Crippen LogP contribution >= 0.6 is 0 Å². The third-order valence-electron chi connectivity index (χ3n) is 14.1. The SMILES string of the molecule is CC(C)(C)c1ccnc(-n2c3[c-]c(Oc4[c-]c(N5[CH-]N(C6C(C7CCCCC7)CCCC6C6CCCCC6)c6ccccc65)ccc4)ccc3c3ccccc32)c1.[Pt]. The van der Waals surface area contributed by atoms with E-state index < -0.39 is 0 Å². The van der Waals surface area contributed by atoms with Gasteiger partial charge in [-0.25, -0.2) is 4.98 Å². The van der Waals surface area contributed by atoms with Gasteiger partial charge < -0.3 is 19.1 Å². The zero-order valence-electron chi connectivity index (χ0n) is 34.4. The van der Waals surface area contributed by atoms with Crippen molar-refractivity contribution in [2.24, 2.45) is 23.7 Å². The molecule has 6 heteroatoms. The van der Waals surface area contributed by atoms with Gasteiger partial charge in [0.25, 0.3) is 0 Å². The van der Waals surface area contributed by atoms with Crippen molar-refractivity contribution in [3.63, 3.8) is 0 Å². The molecule has 6 aromatic rings. The first-order valence-corrected chi connectivity index (χ1v) is 22.0. The van der Waals surface area contributed by atoms with Gasteiger partial charge in [-0.3, -0.25) is 0 Å². The maximum atomic E-state index is 6.68. The maximum absolute atomic E-state index is 6.68. The number of hydrogen-bond acceptors (Lipinski definition) is 4. The molecule has 3 aliphatic carbocycles. The minimum Gasteiger partial charge on any atom is -0.509 e. The van der Waals surface area contributed by atoms with E-state index in [0.717, 1.165) is 51.6 Å². The summed E-state index contributed by atoms with van der Waals surface area (Å²) in [6.07, 6.45) is 20.2. The molecule has 304 valence electrons. The predicted octanol–water partition coefficient (Wildman–Crippen LogP) is 13.9. The number of para-hydroxylation sites is 3.